The number of hydrogen-bond donors (Lipinski definition) is 1. The summed E-state index contributed by atoms with van der Waals surface area (Å²) in [7, 11) is -7.50. The maximum atomic E-state index is 13.4. The molecule has 0 spiro atoms. The second kappa shape index (κ2) is 10.4. The summed E-state index contributed by atoms with van der Waals surface area (Å²) >= 11 is 12.4. The van der Waals surface area contributed by atoms with E-state index in [0.717, 1.165) is 10.6 Å². The Morgan fingerprint density at radius 2 is 1.50 bits per heavy atom. The van der Waals surface area contributed by atoms with Crippen LogP contribution in [0, 0.1) is 0 Å². The van der Waals surface area contributed by atoms with E-state index in [0.29, 0.717) is 5.56 Å². The standard InChI is InChI=1S/C23H22Cl2N2O5S2/c1-16(17-11-13-18(14-12-17)33(2,29)30)26-22(28)15-27(21-10-6-9-20(24)23(21)25)34(31,32)19-7-4-3-5-8-19/h3-14,16H,15H2,1-2H3,(H,26,28)/t16-/m0/s1. The number of anilines is 1. The molecule has 180 valence electrons. The Hall–Kier alpha value is -2.59. The van der Waals surface area contributed by atoms with Gasteiger partial charge in [-0.15, -0.1) is 0 Å². The first-order valence-electron chi connectivity index (χ1n) is 10.0. The lowest BCUT2D eigenvalue weighted by Gasteiger charge is -2.26. The van der Waals surface area contributed by atoms with Gasteiger partial charge in [-0.2, -0.15) is 0 Å². The number of halogens is 2. The van der Waals surface area contributed by atoms with E-state index in [1.165, 1.54) is 36.4 Å². The molecule has 0 aliphatic rings. The highest BCUT2D eigenvalue weighted by atomic mass is 35.5. The van der Waals surface area contributed by atoms with Crippen LogP contribution in [0.4, 0.5) is 5.69 Å². The maximum Gasteiger partial charge on any atom is 0.264 e. The largest absolute Gasteiger partial charge is 0.348 e. The number of carbonyl (C=O) groups is 1. The molecule has 3 aromatic rings. The van der Waals surface area contributed by atoms with Crippen molar-refractivity contribution in [1.29, 1.82) is 0 Å². The molecular weight excluding hydrogens is 519 g/mol. The van der Waals surface area contributed by atoms with Crippen molar-refractivity contribution in [3.63, 3.8) is 0 Å². The van der Waals surface area contributed by atoms with E-state index in [1.54, 1.807) is 43.3 Å². The van der Waals surface area contributed by atoms with Crippen molar-refractivity contribution in [2.75, 3.05) is 17.1 Å². The molecule has 34 heavy (non-hydrogen) atoms. The zero-order chi connectivity index (χ0) is 25.1. The fourth-order valence-corrected chi connectivity index (χ4v) is 5.74. The number of sulfonamides is 1. The number of benzene rings is 3. The van der Waals surface area contributed by atoms with Gasteiger partial charge in [-0.25, -0.2) is 16.8 Å². The van der Waals surface area contributed by atoms with Gasteiger partial charge in [0.05, 0.1) is 31.6 Å². The van der Waals surface area contributed by atoms with Crippen LogP contribution in [0.2, 0.25) is 10.0 Å². The minimum atomic E-state index is -4.15. The Morgan fingerprint density at radius 3 is 2.09 bits per heavy atom. The van der Waals surface area contributed by atoms with Crippen LogP contribution >= 0.6 is 23.2 Å². The molecule has 0 unspecified atom stereocenters. The summed E-state index contributed by atoms with van der Waals surface area (Å²) in [4.78, 5) is 13.1. The minimum Gasteiger partial charge on any atom is -0.348 e. The number of rotatable bonds is 8. The van der Waals surface area contributed by atoms with Crippen LogP contribution in [-0.4, -0.2) is 35.5 Å². The Balaban J connectivity index is 1.89. The summed E-state index contributed by atoms with van der Waals surface area (Å²) in [5, 5.41) is 2.89. The highest BCUT2D eigenvalue weighted by molar-refractivity contribution is 7.93. The second-order valence-corrected chi connectivity index (χ2v) is 12.2. The Labute approximate surface area is 209 Å². The van der Waals surface area contributed by atoms with Crippen LogP contribution in [0.25, 0.3) is 0 Å². The van der Waals surface area contributed by atoms with E-state index in [4.69, 9.17) is 23.2 Å². The van der Waals surface area contributed by atoms with Crippen molar-refractivity contribution in [2.24, 2.45) is 0 Å². The molecule has 7 nitrogen and oxygen atoms in total. The molecule has 0 saturated carbocycles. The summed E-state index contributed by atoms with van der Waals surface area (Å²) < 4.78 is 51.0. The molecule has 3 rings (SSSR count). The highest BCUT2D eigenvalue weighted by Gasteiger charge is 2.29. The first-order valence-corrected chi connectivity index (χ1v) is 14.1. The number of nitrogens with zero attached hydrogens (tertiary/aromatic N) is 1. The Morgan fingerprint density at radius 1 is 0.882 bits per heavy atom. The number of amides is 1. The van der Waals surface area contributed by atoms with Gasteiger partial charge in [-0.3, -0.25) is 9.10 Å². The van der Waals surface area contributed by atoms with Gasteiger partial charge >= 0.3 is 0 Å². The van der Waals surface area contributed by atoms with Gasteiger partial charge in [0, 0.05) is 6.26 Å². The summed E-state index contributed by atoms with van der Waals surface area (Å²) in [5.41, 5.74) is 0.720. The van der Waals surface area contributed by atoms with Gasteiger partial charge in [0.15, 0.2) is 9.84 Å². The Kier molecular flexibility index (Phi) is 7.92. The normalized spacial score (nSPS) is 12.7. The third kappa shape index (κ3) is 5.90. The average molecular weight is 541 g/mol. The van der Waals surface area contributed by atoms with E-state index in [2.05, 4.69) is 5.32 Å². The minimum absolute atomic E-state index is 0.000819. The molecule has 0 fully saturated rings. The van der Waals surface area contributed by atoms with Crippen molar-refractivity contribution >= 4 is 54.7 Å². The fourth-order valence-electron chi connectivity index (χ4n) is 3.21. The lowest BCUT2D eigenvalue weighted by Crippen LogP contribution is -2.41. The zero-order valence-corrected chi connectivity index (χ0v) is 21.4. The summed E-state index contributed by atoms with van der Waals surface area (Å²) in [6.45, 7) is 1.15. The lowest BCUT2D eigenvalue weighted by atomic mass is 10.1. The predicted molar refractivity (Wildman–Crippen MR) is 134 cm³/mol. The zero-order valence-electron chi connectivity index (χ0n) is 18.3. The topological polar surface area (TPSA) is 101 Å². The predicted octanol–water partition coefficient (Wildman–Crippen LogP) is 4.47. The Bertz CT molecular complexity index is 1400. The van der Waals surface area contributed by atoms with Crippen LogP contribution in [0.5, 0.6) is 0 Å². The molecule has 1 atom stereocenters. The monoisotopic (exact) mass is 540 g/mol. The number of hydrogen-bond acceptors (Lipinski definition) is 5. The average Bonchev–Trinajstić information content (AvgIpc) is 2.79. The summed E-state index contributed by atoms with van der Waals surface area (Å²) in [6, 6.07) is 17.8. The smallest absolute Gasteiger partial charge is 0.264 e. The maximum absolute atomic E-state index is 13.4. The molecule has 0 aliphatic carbocycles. The summed E-state index contributed by atoms with van der Waals surface area (Å²) in [5.74, 6) is -0.588. The molecular formula is C23H22Cl2N2O5S2. The molecule has 1 amide bonds. The van der Waals surface area contributed by atoms with Gasteiger partial charge in [0.2, 0.25) is 5.91 Å². The van der Waals surface area contributed by atoms with E-state index in [-0.39, 0.29) is 25.5 Å². The third-order valence-electron chi connectivity index (χ3n) is 5.00. The fraction of sp³-hybridized carbons (Fsp3) is 0.174. The van der Waals surface area contributed by atoms with Gasteiger partial charge < -0.3 is 5.32 Å². The second-order valence-electron chi connectivity index (χ2n) is 7.53. The highest BCUT2D eigenvalue weighted by Crippen LogP contribution is 2.35. The van der Waals surface area contributed by atoms with Crippen molar-refractivity contribution in [3.8, 4) is 0 Å². The molecule has 0 bridgehead atoms. The van der Waals surface area contributed by atoms with E-state index < -0.39 is 38.4 Å². The third-order valence-corrected chi connectivity index (χ3v) is 8.72. The molecule has 0 heterocycles. The SMILES string of the molecule is C[C@H](NC(=O)CN(c1cccc(Cl)c1Cl)S(=O)(=O)c1ccccc1)c1ccc(S(C)(=O)=O)cc1. The number of carbonyl (C=O) groups excluding carboxylic acids is 1. The van der Waals surface area contributed by atoms with Crippen molar-refractivity contribution in [2.45, 2.75) is 22.8 Å². The van der Waals surface area contributed by atoms with E-state index >= 15 is 0 Å². The van der Waals surface area contributed by atoms with Crippen molar-refractivity contribution < 1.29 is 21.6 Å². The van der Waals surface area contributed by atoms with Gasteiger partial charge in [-0.1, -0.05) is 59.6 Å². The van der Waals surface area contributed by atoms with Crippen LogP contribution in [0.1, 0.15) is 18.5 Å². The van der Waals surface area contributed by atoms with E-state index in [1.807, 2.05) is 0 Å². The lowest BCUT2D eigenvalue weighted by molar-refractivity contribution is -0.120. The molecule has 0 aromatic heterocycles. The van der Waals surface area contributed by atoms with Crippen LogP contribution in [-0.2, 0) is 24.7 Å². The molecule has 3 aromatic carbocycles. The number of nitrogens with one attached hydrogen (secondary N) is 1. The molecule has 11 heteroatoms. The quantitative estimate of drug-likeness (QED) is 0.454. The first-order chi connectivity index (χ1) is 15.9. The van der Waals surface area contributed by atoms with Crippen molar-refractivity contribution in [1.82, 2.24) is 5.32 Å². The molecule has 0 radical (unpaired) electrons. The van der Waals surface area contributed by atoms with Crippen LogP contribution in [0.15, 0.2) is 82.6 Å². The first kappa shape index (κ1) is 26.0. The van der Waals surface area contributed by atoms with E-state index in [9.17, 15) is 21.6 Å². The van der Waals surface area contributed by atoms with Gasteiger partial charge in [-0.05, 0) is 48.9 Å². The van der Waals surface area contributed by atoms with Crippen molar-refractivity contribution in [3.05, 3.63) is 88.4 Å². The molecule has 0 aliphatic heterocycles. The molecule has 0 saturated heterocycles. The summed E-state index contributed by atoms with van der Waals surface area (Å²) in [6.07, 6.45) is 1.11. The van der Waals surface area contributed by atoms with Gasteiger partial charge in [0.1, 0.15) is 6.54 Å². The van der Waals surface area contributed by atoms with Crippen LogP contribution < -0.4 is 9.62 Å². The number of sulfone groups is 1. The van der Waals surface area contributed by atoms with Gasteiger partial charge in [0.25, 0.3) is 10.0 Å². The van der Waals surface area contributed by atoms with Crippen LogP contribution in [0.3, 0.4) is 0 Å². The molecule has 1 N–H and O–H groups in total.